The molecule has 112 valence electrons. The first kappa shape index (κ1) is 15.5. The molecule has 1 aromatic rings. The Bertz CT molecular complexity index is 525. The third kappa shape index (κ3) is 4.31. The molecule has 0 amide bonds. The first-order valence-electron chi connectivity index (χ1n) is 6.89. The summed E-state index contributed by atoms with van der Waals surface area (Å²) in [4.78, 5) is 12.0. The Morgan fingerprint density at radius 1 is 1.43 bits per heavy atom. The highest BCUT2D eigenvalue weighted by Gasteiger charge is 2.26. The topological polar surface area (TPSA) is 64.8 Å². The number of guanidine groups is 1. The quantitative estimate of drug-likeness (QED) is 0.457. The van der Waals surface area contributed by atoms with Crippen molar-refractivity contribution in [2.45, 2.75) is 19.9 Å². The molecule has 0 spiro atoms. The van der Waals surface area contributed by atoms with Crippen LogP contribution in [0.1, 0.15) is 18.9 Å². The summed E-state index contributed by atoms with van der Waals surface area (Å²) in [5, 5.41) is 9.35. The van der Waals surface area contributed by atoms with Crippen molar-refractivity contribution in [3.63, 3.8) is 0 Å². The number of hydrogen-bond acceptors (Lipinski definition) is 4. The van der Waals surface area contributed by atoms with Gasteiger partial charge in [-0.3, -0.25) is 0 Å². The van der Waals surface area contributed by atoms with Gasteiger partial charge in [-0.25, -0.2) is 4.98 Å². The van der Waals surface area contributed by atoms with Crippen LogP contribution in [0.25, 0.3) is 0 Å². The highest BCUT2D eigenvalue weighted by molar-refractivity contribution is 6.29. The summed E-state index contributed by atoms with van der Waals surface area (Å²) in [6.07, 6.45) is 4.58. The van der Waals surface area contributed by atoms with Crippen LogP contribution in [-0.2, 0) is 11.3 Å². The van der Waals surface area contributed by atoms with E-state index in [1.807, 2.05) is 22.1 Å². The largest absolute Gasteiger partial charge is 0.361 e. The van der Waals surface area contributed by atoms with Gasteiger partial charge in [0.2, 0.25) is 12.2 Å². The van der Waals surface area contributed by atoms with E-state index in [-0.39, 0.29) is 0 Å². The van der Waals surface area contributed by atoms with Crippen molar-refractivity contribution in [2.75, 3.05) is 26.4 Å². The zero-order valence-electron chi connectivity index (χ0n) is 12.0. The first-order valence-corrected chi connectivity index (χ1v) is 7.27. The van der Waals surface area contributed by atoms with Crippen molar-refractivity contribution in [3.8, 4) is 6.19 Å². The third-order valence-corrected chi connectivity index (χ3v) is 3.34. The summed E-state index contributed by atoms with van der Waals surface area (Å²) in [7, 11) is 0. The molecule has 2 rings (SSSR count). The molecule has 0 N–H and O–H groups in total. The number of ether oxygens (including phenoxy) is 1. The molecular formula is C14H18ClN5O. The summed E-state index contributed by atoms with van der Waals surface area (Å²) in [5.74, 6) is 0.656. The van der Waals surface area contributed by atoms with Crippen molar-refractivity contribution in [3.05, 3.63) is 29.0 Å². The zero-order valence-corrected chi connectivity index (χ0v) is 12.8. The molecule has 1 fully saturated rings. The van der Waals surface area contributed by atoms with E-state index >= 15 is 0 Å². The Kier molecular flexibility index (Phi) is 5.78. The minimum absolute atomic E-state index is 0.462. The molecule has 6 nitrogen and oxygen atoms in total. The van der Waals surface area contributed by atoms with Gasteiger partial charge in [0.25, 0.3) is 0 Å². The van der Waals surface area contributed by atoms with Crippen molar-refractivity contribution in [1.82, 2.24) is 14.8 Å². The number of aromatic nitrogens is 1. The second-order valence-corrected chi connectivity index (χ2v) is 5.11. The summed E-state index contributed by atoms with van der Waals surface area (Å²) >= 11 is 5.78. The molecule has 0 unspecified atom stereocenters. The van der Waals surface area contributed by atoms with Crippen molar-refractivity contribution < 1.29 is 4.74 Å². The van der Waals surface area contributed by atoms with Crippen LogP contribution < -0.4 is 0 Å². The van der Waals surface area contributed by atoms with Crippen molar-refractivity contribution in [2.24, 2.45) is 4.99 Å². The van der Waals surface area contributed by atoms with E-state index < -0.39 is 0 Å². The molecule has 7 heteroatoms. The summed E-state index contributed by atoms with van der Waals surface area (Å²) in [6.45, 7) is 5.48. The smallest absolute Gasteiger partial charge is 0.214 e. The van der Waals surface area contributed by atoms with Crippen molar-refractivity contribution >= 4 is 17.6 Å². The maximum Gasteiger partial charge on any atom is 0.214 e. The van der Waals surface area contributed by atoms with Crippen LogP contribution >= 0.6 is 11.6 Å². The fourth-order valence-electron chi connectivity index (χ4n) is 2.14. The average Bonchev–Trinajstić information content (AvgIpc) is 2.85. The van der Waals surface area contributed by atoms with Gasteiger partial charge in [-0.15, -0.1) is 4.99 Å². The molecule has 0 radical (unpaired) electrons. The minimum Gasteiger partial charge on any atom is -0.361 e. The first-order chi connectivity index (χ1) is 10.2. The molecule has 1 aliphatic rings. The SMILES string of the molecule is CCCOCN1CCN(Cc2ccc(Cl)nc2)C1=NC#N. The lowest BCUT2D eigenvalue weighted by atomic mass is 10.3. The number of halogens is 1. The lowest BCUT2D eigenvalue weighted by molar-refractivity contribution is 0.0704. The molecule has 0 aliphatic carbocycles. The summed E-state index contributed by atoms with van der Waals surface area (Å²) < 4.78 is 5.54. The van der Waals surface area contributed by atoms with Crippen LogP contribution in [0.15, 0.2) is 23.3 Å². The van der Waals surface area contributed by atoms with E-state index in [9.17, 15) is 0 Å². The molecule has 1 aromatic heterocycles. The predicted molar refractivity (Wildman–Crippen MR) is 80.5 cm³/mol. The van der Waals surface area contributed by atoms with E-state index in [0.717, 1.165) is 25.1 Å². The van der Waals surface area contributed by atoms with Gasteiger partial charge >= 0.3 is 0 Å². The number of hydrogen-bond donors (Lipinski definition) is 0. The fourth-order valence-corrected chi connectivity index (χ4v) is 2.25. The van der Waals surface area contributed by atoms with Crippen LogP contribution in [0.5, 0.6) is 0 Å². The lowest BCUT2D eigenvalue weighted by Gasteiger charge is -2.22. The maximum absolute atomic E-state index is 8.87. The zero-order chi connectivity index (χ0) is 15.1. The van der Waals surface area contributed by atoms with Gasteiger partial charge in [-0.2, -0.15) is 5.26 Å². The van der Waals surface area contributed by atoms with Gasteiger partial charge in [0.15, 0.2) is 0 Å². The lowest BCUT2D eigenvalue weighted by Crippen LogP contribution is -2.34. The second-order valence-electron chi connectivity index (χ2n) is 4.72. The maximum atomic E-state index is 8.87. The van der Waals surface area contributed by atoms with Crippen LogP contribution in [-0.4, -0.2) is 47.2 Å². The fraction of sp³-hybridized carbons (Fsp3) is 0.500. The molecule has 0 saturated carbocycles. The number of nitriles is 1. The van der Waals surface area contributed by atoms with Crippen LogP contribution in [0, 0.1) is 11.5 Å². The Morgan fingerprint density at radius 2 is 2.24 bits per heavy atom. The van der Waals surface area contributed by atoms with E-state index in [4.69, 9.17) is 21.6 Å². The second kappa shape index (κ2) is 7.81. The molecule has 0 atom stereocenters. The highest BCUT2D eigenvalue weighted by atomic mass is 35.5. The Morgan fingerprint density at radius 3 is 2.90 bits per heavy atom. The number of rotatable bonds is 6. The van der Waals surface area contributed by atoms with E-state index in [1.54, 1.807) is 12.3 Å². The summed E-state index contributed by atoms with van der Waals surface area (Å²) in [5.41, 5.74) is 1.03. The van der Waals surface area contributed by atoms with E-state index in [1.165, 1.54) is 0 Å². The molecule has 21 heavy (non-hydrogen) atoms. The standard InChI is InChI=1S/C14H18ClN5O/c1-2-7-21-11-20-6-5-19(14(20)18-10-16)9-12-3-4-13(15)17-8-12/h3-4,8H,2,5-7,9,11H2,1H3. The van der Waals surface area contributed by atoms with Gasteiger partial charge in [0.05, 0.1) is 0 Å². The van der Waals surface area contributed by atoms with Crippen LogP contribution in [0.2, 0.25) is 5.15 Å². The number of pyridine rings is 1. The Labute approximate surface area is 129 Å². The Hall–Kier alpha value is -1.84. The van der Waals surface area contributed by atoms with Gasteiger partial charge in [0, 0.05) is 32.4 Å². The van der Waals surface area contributed by atoms with Gasteiger partial charge in [-0.05, 0) is 18.1 Å². The monoisotopic (exact) mass is 307 g/mol. The number of aliphatic imine (C=N–C) groups is 1. The molecule has 0 aromatic carbocycles. The Balaban J connectivity index is 2.01. The number of nitrogens with zero attached hydrogens (tertiary/aromatic N) is 5. The molecule has 1 saturated heterocycles. The average molecular weight is 308 g/mol. The van der Waals surface area contributed by atoms with E-state index in [0.29, 0.717) is 31.0 Å². The highest BCUT2D eigenvalue weighted by Crippen LogP contribution is 2.14. The van der Waals surface area contributed by atoms with Gasteiger partial charge < -0.3 is 14.5 Å². The summed E-state index contributed by atoms with van der Waals surface area (Å²) in [6, 6.07) is 3.69. The minimum atomic E-state index is 0.462. The van der Waals surface area contributed by atoms with Gasteiger partial charge in [-0.1, -0.05) is 24.6 Å². The molecule has 2 heterocycles. The van der Waals surface area contributed by atoms with Crippen LogP contribution in [0.4, 0.5) is 0 Å². The normalized spacial score (nSPS) is 16.5. The van der Waals surface area contributed by atoms with Gasteiger partial charge in [0.1, 0.15) is 11.9 Å². The van der Waals surface area contributed by atoms with Crippen LogP contribution in [0.3, 0.4) is 0 Å². The predicted octanol–water partition coefficient (Wildman–Crippen LogP) is 2.07. The van der Waals surface area contributed by atoms with Crippen molar-refractivity contribution in [1.29, 1.82) is 5.26 Å². The molecular weight excluding hydrogens is 290 g/mol. The molecule has 0 bridgehead atoms. The third-order valence-electron chi connectivity index (χ3n) is 3.11. The molecule has 1 aliphatic heterocycles. The van der Waals surface area contributed by atoms with E-state index in [2.05, 4.69) is 16.9 Å².